The molecule has 0 fully saturated rings. The molecule has 8 heteroatoms. The Labute approximate surface area is 167 Å². The molecule has 1 amide bonds. The Hall–Kier alpha value is -3.73. The van der Waals surface area contributed by atoms with E-state index in [0.29, 0.717) is 35.8 Å². The fourth-order valence-corrected chi connectivity index (χ4v) is 3.08. The first-order valence-electron chi connectivity index (χ1n) is 9.11. The lowest BCUT2D eigenvalue weighted by molar-refractivity contribution is -0.116. The predicted molar refractivity (Wildman–Crippen MR) is 109 cm³/mol. The van der Waals surface area contributed by atoms with Crippen LogP contribution >= 0.6 is 0 Å². The average molecular weight is 394 g/mol. The minimum atomic E-state index is -0.138. The minimum Gasteiger partial charge on any atom is -0.493 e. The van der Waals surface area contributed by atoms with E-state index in [-0.39, 0.29) is 18.0 Å². The molecule has 3 rings (SSSR count). The highest BCUT2D eigenvalue weighted by molar-refractivity contribution is 5.93. The minimum absolute atomic E-state index is 0.112. The molecular formula is C21H22N4O4. The van der Waals surface area contributed by atoms with Gasteiger partial charge in [0.2, 0.25) is 5.91 Å². The number of aromatic nitrogens is 2. The molecule has 0 atom stereocenters. The molecule has 0 aliphatic rings. The maximum atomic E-state index is 12.2. The lowest BCUT2D eigenvalue weighted by atomic mass is 10.2. The molecule has 0 bridgehead atoms. The summed E-state index contributed by atoms with van der Waals surface area (Å²) in [5, 5.41) is 11.8. The standard InChI is InChI=1S/C21H22N4O4/c1-24-16-8-7-15(12-17(16)25(2)21(24)27)23-20(26)5-4-10-29-18-9-6-14(13-22)11-19(18)28-3/h6-9,11-12H,4-5,10H2,1-3H3,(H,23,26). The van der Waals surface area contributed by atoms with E-state index in [9.17, 15) is 9.59 Å². The van der Waals surface area contributed by atoms with E-state index >= 15 is 0 Å². The van der Waals surface area contributed by atoms with Crippen LogP contribution in [0.3, 0.4) is 0 Å². The number of rotatable bonds is 7. The first-order chi connectivity index (χ1) is 13.9. The van der Waals surface area contributed by atoms with Crippen LogP contribution in [0.25, 0.3) is 11.0 Å². The maximum absolute atomic E-state index is 12.2. The summed E-state index contributed by atoms with van der Waals surface area (Å²) < 4.78 is 14.0. The van der Waals surface area contributed by atoms with Crippen LogP contribution in [0.4, 0.5) is 5.69 Å². The Kier molecular flexibility index (Phi) is 5.88. The summed E-state index contributed by atoms with van der Waals surface area (Å²) in [7, 11) is 4.92. The molecule has 0 unspecified atom stereocenters. The van der Waals surface area contributed by atoms with Gasteiger partial charge in [-0.25, -0.2) is 4.79 Å². The highest BCUT2D eigenvalue weighted by Crippen LogP contribution is 2.28. The molecule has 0 spiro atoms. The molecule has 0 aliphatic carbocycles. The van der Waals surface area contributed by atoms with Crippen molar-refractivity contribution in [1.29, 1.82) is 5.26 Å². The van der Waals surface area contributed by atoms with Crippen LogP contribution in [0.2, 0.25) is 0 Å². The zero-order valence-corrected chi connectivity index (χ0v) is 16.6. The fraction of sp³-hybridized carbons (Fsp3) is 0.286. The van der Waals surface area contributed by atoms with Crippen LogP contribution in [-0.2, 0) is 18.9 Å². The number of hydrogen-bond donors (Lipinski definition) is 1. The van der Waals surface area contributed by atoms with Gasteiger partial charge in [0.25, 0.3) is 0 Å². The van der Waals surface area contributed by atoms with Gasteiger partial charge < -0.3 is 14.8 Å². The van der Waals surface area contributed by atoms with E-state index in [1.807, 2.05) is 12.1 Å². The largest absolute Gasteiger partial charge is 0.493 e. The number of nitrogens with zero attached hydrogens (tertiary/aromatic N) is 3. The van der Waals surface area contributed by atoms with Crippen LogP contribution < -0.4 is 20.5 Å². The number of hydrogen-bond acceptors (Lipinski definition) is 5. The van der Waals surface area contributed by atoms with Gasteiger partial charge in [-0.1, -0.05) is 0 Å². The highest BCUT2D eigenvalue weighted by atomic mass is 16.5. The summed E-state index contributed by atoms with van der Waals surface area (Å²) >= 11 is 0. The number of fused-ring (bicyclic) bond motifs is 1. The number of amides is 1. The van der Waals surface area contributed by atoms with Crippen LogP contribution in [0.1, 0.15) is 18.4 Å². The van der Waals surface area contributed by atoms with Crippen molar-refractivity contribution in [3.63, 3.8) is 0 Å². The number of carbonyl (C=O) groups is 1. The number of nitriles is 1. The Bertz CT molecular complexity index is 1150. The quantitative estimate of drug-likeness (QED) is 0.621. The normalized spacial score (nSPS) is 10.6. The van der Waals surface area contributed by atoms with Crippen molar-refractivity contribution in [2.45, 2.75) is 12.8 Å². The second kappa shape index (κ2) is 8.52. The van der Waals surface area contributed by atoms with E-state index in [1.165, 1.54) is 7.11 Å². The number of nitrogens with one attached hydrogen (secondary N) is 1. The number of methoxy groups -OCH3 is 1. The van der Waals surface area contributed by atoms with Crippen LogP contribution in [0.15, 0.2) is 41.2 Å². The lowest BCUT2D eigenvalue weighted by Crippen LogP contribution is -2.19. The van der Waals surface area contributed by atoms with E-state index in [0.717, 1.165) is 11.0 Å². The SMILES string of the molecule is COc1cc(C#N)ccc1OCCCC(=O)Nc1ccc2c(c1)n(C)c(=O)n2C. The third-order valence-electron chi connectivity index (χ3n) is 4.65. The zero-order valence-electron chi connectivity index (χ0n) is 16.6. The molecule has 29 heavy (non-hydrogen) atoms. The third-order valence-corrected chi connectivity index (χ3v) is 4.65. The number of ether oxygens (including phenoxy) is 2. The summed E-state index contributed by atoms with van der Waals surface area (Å²) in [6.07, 6.45) is 0.797. The molecule has 1 heterocycles. The molecule has 0 saturated carbocycles. The molecule has 0 saturated heterocycles. The van der Waals surface area contributed by atoms with Gasteiger partial charge in [-0.15, -0.1) is 0 Å². The summed E-state index contributed by atoms with van der Waals surface area (Å²) in [5.74, 6) is 0.873. The van der Waals surface area contributed by atoms with Gasteiger partial charge in [-0.05, 0) is 36.8 Å². The zero-order chi connectivity index (χ0) is 21.0. The Morgan fingerprint density at radius 2 is 1.86 bits per heavy atom. The molecular weight excluding hydrogens is 372 g/mol. The van der Waals surface area contributed by atoms with Gasteiger partial charge in [0.1, 0.15) is 0 Å². The third kappa shape index (κ3) is 4.24. The molecule has 2 aromatic carbocycles. The first kappa shape index (κ1) is 20.0. The van der Waals surface area contributed by atoms with Crippen LogP contribution in [0, 0.1) is 11.3 Å². The summed E-state index contributed by atoms with van der Waals surface area (Å²) in [6.45, 7) is 0.335. The van der Waals surface area contributed by atoms with Gasteiger partial charge in [0.15, 0.2) is 11.5 Å². The Balaban J connectivity index is 1.54. The summed E-state index contributed by atoms with van der Waals surface area (Å²) in [5.41, 5.74) is 2.57. The number of benzene rings is 2. The van der Waals surface area contributed by atoms with Crippen molar-refractivity contribution in [2.75, 3.05) is 19.0 Å². The summed E-state index contributed by atoms with van der Waals surface area (Å²) in [6, 6.07) is 12.4. The van der Waals surface area contributed by atoms with Gasteiger partial charge in [-0.2, -0.15) is 5.26 Å². The van der Waals surface area contributed by atoms with Gasteiger partial charge in [0.05, 0.1) is 36.4 Å². The van der Waals surface area contributed by atoms with E-state index < -0.39 is 0 Å². The smallest absolute Gasteiger partial charge is 0.328 e. The van der Waals surface area contributed by atoms with Crippen LogP contribution in [0.5, 0.6) is 11.5 Å². The van der Waals surface area contributed by atoms with Gasteiger partial charge in [-0.3, -0.25) is 13.9 Å². The first-order valence-corrected chi connectivity index (χ1v) is 9.11. The lowest BCUT2D eigenvalue weighted by Gasteiger charge is -2.11. The maximum Gasteiger partial charge on any atom is 0.328 e. The molecule has 8 nitrogen and oxygen atoms in total. The Morgan fingerprint density at radius 3 is 2.59 bits per heavy atom. The average Bonchev–Trinajstić information content (AvgIpc) is 2.95. The van der Waals surface area contributed by atoms with E-state index in [4.69, 9.17) is 14.7 Å². The van der Waals surface area contributed by atoms with Crippen molar-refractivity contribution in [3.05, 3.63) is 52.4 Å². The molecule has 1 N–H and O–H groups in total. The second-order valence-corrected chi connectivity index (χ2v) is 6.58. The van der Waals surface area contributed by atoms with Crippen molar-refractivity contribution < 1.29 is 14.3 Å². The van der Waals surface area contributed by atoms with Crippen molar-refractivity contribution in [1.82, 2.24) is 9.13 Å². The van der Waals surface area contributed by atoms with Crippen LogP contribution in [-0.4, -0.2) is 28.8 Å². The topological polar surface area (TPSA) is 98.3 Å². The van der Waals surface area contributed by atoms with Gasteiger partial charge >= 0.3 is 5.69 Å². The van der Waals surface area contributed by atoms with Crippen molar-refractivity contribution in [3.8, 4) is 17.6 Å². The van der Waals surface area contributed by atoms with E-state index in [1.54, 1.807) is 53.6 Å². The molecule has 0 radical (unpaired) electrons. The number of anilines is 1. The molecule has 150 valence electrons. The van der Waals surface area contributed by atoms with E-state index in [2.05, 4.69) is 5.32 Å². The van der Waals surface area contributed by atoms with Crippen molar-refractivity contribution >= 4 is 22.6 Å². The monoisotopic (exact) mass is 394 g/mol. The molecule has 3 aromatic rings. The molecule has 1 aromatic heterocycles. The van der Waals surface area contributed by atoms with Gasteiger partial charge in [0, 0.05) is 32.3 Å². The number of imidazole rings is 1. The number of carbonyl (C=O) groups excluding carboxylic acids is 1. The fourth-order valence-electron chi connectivity index (χ4n) is 3.08. The number of aryl methyl sites for hydroxylation is 2. The molecule has 0 aliphatic heterocycles. The second-order valence-electron chi connectivity index (χ2n) is 6.58. The highest BCUT2D eigenvalue weighted by Gasteiger charge is 2.10. The van der Waals surface area contributed by atoms with Crippen molar-refractivity contribution in [2.24, 2.45) is 14.1 Å². The predicted octanol–water partition coefficient (Wildman–Crippen LogP) is 2.55. The Morgan fingerprint density at radius 1 is 1.10 bits per heavy atom. The summed E-state index contributed by atoms with van der Waals surface area (Å²) in [4.78, 5) is 24.2.